The van der Waals surface area contributed by atoms with Gasteiger partial charge < -0.3 is 9.13 Å². The Morgan fingerprint density at radius 1 is 0.371 bits per heavy atom. The molecule has 352 valence electrons. The molecule has 0 N–H and O–H groups in total. The first-order valence-electron chi connectivity index (χ1n) is 26.3. The van der Waals surface area contributed by atoms with Crippen molar-refractivity contribution in [3.05, 3.63) is 147 Å². The molecule has 0 saturated carbocycles. The zero-order valence-corrected chi connectivity index (χ0v) is 45.3. The number of rotatable bonds is 0. The highest BCUT2D eigenvalue weighted by molar-refractivity contribution is 7.00. The van der Waals surface area contributed by atoms with Crippen molar-refractivity contribution < 1.29 is 0 Å². The SMILES string of the molecule is CC(C)(C)c1ccc2c(c1)-c1cc(C(C)(C)C)cc3c1C2c1cc2c4c(c1-3)-n1c3ccc(C(C)(C)C)cc3c3cc(C(C)(C)C)cc(c31)B4c1cc(C(C)(C)C)cc3c4cc(C(C)(C)C)ccc4n-2c13. The number of aromatic nitrogens is 2. The number of hydrogen-bond donors (Lipinski definition) is 0. The Hall–Kier alpha value is -5.80. The number of hydrogen-bond acceptors (Lipinski definition) is 0. The third-order valence-electron chi connectivity index (χ3n) is 17.4. The van der Waals surface area contributed by atoms with Crippen LogP contribution in [0.5, 0.6) is 0 Å². The lowest BCUT2D eigenvalue weighted by molar-refractivity contribution is 0.589. The third-order valence-corrected chi connectivity index (χ3v) is 17.4. The number of fused-ring (bicyclic) bond motifs is 17. The quantitative estimate of drug-likeness (QED) is 0.134. The molecule has 0 radical (unpaired) electrons. The summed E-state index contributed by atoms with van der Waals surface area (Å²) in [6.07, 6.45) is 0. The van der Waals surface area contributed by atoms with Gasteiger partial charge in [-0.05, 0) is 158 Å². The van der Waals surface area contributed by atoms with Gasteiger partial charge in [-0.15, -0.1) is 0 Å². The molecule has 2 aromatic heterocycles. The van der Waals surface area contributed by atoms with Gasteiger partial charge >= 0.3 is 0 Å². The van der Waals surface area contributed by atoms with E-state index in [1.165, 1.54) is 144 Å². The molecule has 0 bridgehead atoms. The molecule has 7 aromatic carbocycles. The van der Waals surface area contributed by atoms with Crippen molar-refractivity contribution >= 4 is 66.7 Å². The Kier molecular flexibility index (Phi) is 8.32. The van der Waals surface area contributed by atoms with E-state index >= 15 is 0 Å². The molecule has 1 atom stereocenters. The van der Waals surface area contributed by atoms with E-state index in [1.54, 1.807) is 0 Å². The van der Waals surface area contributed by atoms with Crippen molar-refractivity contribution in [2.45, 2.75) is 163 Å². The van der Waals surface area contributed by atoms with Gasteiger partial charge in [0.1, 0.15) is 0 Å². The smallest absolute Gasteiger partial charge is 0.252 e. The van der Waals surface area contributed by atoms with Crippen molar-refractivity contribution in [3.8, 4) is 33.6 Å². The maximum absolute atomic E-state index is 2.78. The van der Waals surface area contributed by atoms with Gasteiger partial charge in [0.2, 0.25) is 0 Å². The van der Waals surface area contributed by atoms with Gasteiger partial charge in [-0.1, -0.05) is 179 Å². The summed E-state index contributed by atoms with van der Waals surface area (Å²) in [5.41, 5.74) is 30.8. The van der Waals surface area contributed by atoms with E-state index in [0.29, 0.717) is 0 Å². The first kappa shape index (κ1) is 44.2. The van der Waals surface area contributed by atoms with Crippen LogP contribution in [-0.4, -0.2) is 15.8 Å². The third kappa shape index (κ3) is 5.76. The van der Waals surface area contributed by atoms with E-state index in [4.69, 9.17) is 0 Å². The van der Waals surface area contributed by atoms with Gasteiger partial charge in [0, 0.05) is 49.7 Å². The van der Waals surface area contributed by atoms with E-state index < -0.39 is 0 Å². The van der Waals surface area contributed by atoms with Crippen molar-refractivity contribution in [2.75, 3.05) is 0 Å². The Labute approximate surface area is 417 Å². The summed E-state index contributed by atoms with van der Waals surface area (Å²) in [4.78, 5) is 0. The van der Waals surface area contributed by atoms with Gasteiger partial charge in [0.05, 0.1) is 16.7 Å². The van der Waals surface area contributed by atoms with Crippen LogP contribution in [-0.2, 0) is 32.5 Å². The fourth-order valence-electron chi connectivity index (χ4n) is 13.3. The van der Waals surface area contributed by atoms with E-state index in [2.05, 4.69) is 231 Å². The first-order valence-corrected chi connectivity index (χ1v) is 26.3. The molecule has 2 aliphatic heterocycles. The topological polar surface area (TPSA) is 9.86 Å². The molecular formula is C67H71BN2. The van der Waals surface area contributed by atoms with Gasteiger partial charge in [-0.3, -0.25) is 0 Å². The summed E-state index contributed by atoms with van der Waals surface area (Å²) >= 11 is 0. The summed E-state index contributed by atoms with van der Waals surface area (Å²) in [6.45, 7) is 42.9. The van der Waals surface area contributed by atoms with Crippen LogP contribution in [0.25, 0.3) is 77.2 Å². The van der Waals surface area contributed by atoms with Crippen LogP contribution in [0.2, 0.25) is 0 Å². The molecular weight excluding hydrogens is 844 g/mol. The minimum atomic E-state index is -0.0551. The normalized spacial score (nSPS) is 16.0. The van der Waals surface area contributed by atoms with E-state index in [0.717, 1.165) is 0 Å². The molecule has 0 saturated heterocycles. The van der Waals surface area contributed by atoms with Crippen molar-refractivity contribution in [3.63, 3.8) is 0 Å². The highest BCUT2D eigenvalue weighted by atomic mass is 15.0. The van der Waals surface area contributed by atoms with Crippen LogP contribution in [0.15, 0.2) is 97.1 Å². The lowest BCUT2D eigenvalue weighted by Crippen LogP contribution is -2.60. The molecule has 2 nitrogen and oxygen atoms in total. The zero-order valence-electron chi connectivity index (χ0n) is 45.3. The lowest BCUT2D eigenvalue weighted by atomic mass is 9.33. The van der Waals surface area contributed by atoms with Gasteiger partial charge in [-0.25, -0.2) is 0 Å². The van der Waals surface area contributed by atoms with Gasteiger partial charge in [0.15, 0.2) is 0 Å². The van der Waals surface area contributed by atoms with Gasteiger partial charge in [-0.2, -0.15) is 0 Å². The van der Waals surface area contributed by atoms with E-state index in [1.807, 2.05) is 0 Å². The standard InChI is InChI=1S/C67H71BN2/c1-62(2,3)35-19-22-41-42(25-35)45-28-38(65(10,11)12)31-48-56(45)55(41)49-34-54-58-61(57(48)49)70-53-24-21-37(64(7,8)9)27-44(53)47-30-40(67(16,17)18)33-51(60(47)70)68(58)50-32-39(66(13,14)15)29-46-43-26-36(63(4,5)6)20-23-52(43)69(54)59(46)50/h19-34,55H,1-18H3. The monoisotopic (exact) mass is 915 g/mol. The van der Waals surface area contributed by atoms with Crippen molar-refractivity contribution in [2.24, 2.45) is 0 Å². The second-order valence-electron chi connectivity index (χ2n) is 28.3. The first-order chi connectivity index (χ1) is 32.5. The Bertz CT molecular complexity index is 3870. The Morgan fingerprint density at radius 3 is 1.30 bits per heavy atom. The molecule has 0 fully saturated rings. The maximum Gasteiger partial charge on any atom is 0.252 e. The van der Waals surface area contributed by atoms with Crippen LogP contribution in [0, 0.1) is 0 Å². The molecule has 0 amide bonds. The van der Waals surface area contributed by atoms with E-state index in [9.17, 15) is 0 Å². The summed E-state index contributed by atoms with van der Waals surface area (Å²) in [7, 11) is 0. The van der Waals surface area contributed by atoms with Crippen LogP contribution < -0.4 is 16.4 Å². The zero-order chi connectivity index (χ0) is 49.6. The van der Waals surface area contributed by atoms with Crippen molar-refractivity contribution in [1.29, 1.82) is 0 Å². The molecule has 3 heteroatoms. The number of benzene rings is 7. The van der Waals surface area contributed by atoms with Crippen LogP contribution in [0.1, 0.15) is 181 Å². The molecule has 4 heterocycles. The van der Waals surface area contributed by atoms with Gasteiger partial charge in [0.25, 0.3) is 6.71 Å². The molecule has 4 aliphatic rings. The average Bonchev–Trinajstić information content (AvgIpc) is 3.98. The highest BCUT2D eigenvalue weighted by Crippen LogP contribution is 2.62. The molecule has 9 aromatic rings. The Balaban J connectivity index is 1.28. The second-order valence-corrected chi connectivity index (χ2v) is 28.3. The summed E-state index contributed by atoms with van der Waals surface area (Å²) in [5, 5.41) is 5.47. The number of nitrogens with zero attached hydrogens (tertiary/aromatic N) is 2. The average molecular weight is 915 g/mol. The predicted octanol–water partition coefficient (Wildman–Crippen LogP) is 15.9. The highest BCUT2D eigenvalue weighted by Gasteiger charge is 2.49. The second kappa shape index (κ2) is 13.2. The van der Waals surface area contributed by atoms with Crippen LogP contribution in [0.4, 0.5) is 0 Å². The predicted molar refractivity (Wildman–Crippen MR) is 304 cm³/mol. The minimum Gasteiger partial charge on any atom is -0.310 e. The lowest BCUT2D eigenvalue weighted by Gasteiger charge is -2.37. The fourth-order valence-corrected chi connectivity index (χ4v) is 13.3. The summed E-state index contributed by atoms with van der Waals surface area (Å²) < 4.78 is 5.52. The molecule has 70 heavy (non-hydrogen) atoms. The maximum atomic E-state index is 2.78. The molecule has 1 unspecified atom stereocenters. The van der Waals surface area contributed by atoms with Crippen molar-refractivity contribution in [1.82, 2.24) is 9.13 Å². The summed E-state index contributed by atoms with van der Waals surface area (Å²) in [5.74, 6) is 0.141. The minimum absolute atomic E-state index is 0.00461. The largest absolute Gasteiger partial charge is 0.310 e. The van der Waals surface area contributed by atoms with Crippen LogP contribution >= 0.6 is 0 Å². The summed E-state index contributed by atoms with van der Waals surface area (Å²) in [6, 6.07) is 40.7. The molecule has 0 spiro atoms. The molecule has 13 rings (SSSR count). The van der Waals surface area contributed by atoms with Crippen LogP contribution in [0.3, 0.4) is 0 Å². The fraction of sp³-hybridized carbons (Fsp3) is 0.373. The van der Waals surface area contributed by atoms with E-state index in [-0.39, 0.29) is 45.1 Å². The Morgan fingerprint density at radius 2 is 0.786 bits per heavy atom. The molecule has 2 aliphatic carbocycles.